The van der Waals surface area contributed by atoms with Crippen LogP contribution in [0.25, 0.3) is 82.7 Å². The van der Waals surface area contributed by atoms with Gasteiger partial charge in [0.25, 0.3) is 0 Å². The van der Waals surface area contributed by atoms with Gasteiger partial charge in [-0.05, 0) is 88.0 Å². The van der Waals surface area contributed by atoms with Crippen LogP contribution in [0.15, 0.2) is 164 Å². The summed E-state index contributed by atoms with van der Waals surface area (Å²) in [5.41, 5.74) is 13.2. The van der Waals surface area contributed by atoms with Crippen LogP contribution >= 0.6 is 0 Å². The summed E-state index contributed by atoms with van der Waals surface area (Å²) < 4.78 is 2.42. The molecule has 0 saturated carbocycles. The molecule has 0 aliphatic rings. The largest absolute Gasteiger partial charge is 0.355 e. The molecule has 44 heavy (non-hydrogen) atoms. The topological polar surface area (TPSA) is 20.7 Å². The lowest BCUT2D eigenvalue weighted by molar-refractivity contribution is 1.18. The molecule has 0 radical (unpaired) electrons. The van der Waals surface area contributed by atoms with Crippen LogP contribution in [0.4, 0.5) is 0 Å². The number of rotatable bonds is 4. The molecule has 0 spiro atoms. The highest BCUT2D eigenvalue weighted by atomic mass is 15.0. The Bertz CT molecular complexity index is 2480. The van der Waals surface area contributed by atoms with Gasteiger partial charge in [-0.15, -0.1) is 0 Å². The second-order valence-electron chi connectivity index (χ2n) is 11.5. The smallest absolute Gasteiger partial charge is 0.0541 e. The van der Waals surface area contributed by atoms with Gasteiger partial charge in [0.05, 0.1) is 11.0 Å². The van der Waals surface area contributed by atoms with E-state index in [4.69, 9.17) is 0 Å². The third-order valence-corrected chi connectivity index (χ3v) is 8.92. The van der Waals surface area contributed by atoms with Crippen LogP contribution in [0.3, 0.4) is 0 Å². The number of nitrogens with zero attached hydrogens (tertiary/aromatic N) is 1. The Hall–Kier alpha value is -5.86. The van der Waals surface area contributed by atoms with Crippen LogP contribution in [-0.4, -0.2) is 9.55 Å². The Morgan fingerprint density at radius 3 is 1.50 bits per heavy atom. The quantitative estimate of drug-likeness (QED) is 0.221. The van der Waals surface area contributed by atoms with E-state index >= 15 is 0 Å². The van der Waals surface area contributed by atoms with Gasteiger partial charge < -0.3 is 9.55 Å². The number of hydrogen-bond donors (Lipinski definition) is 1. The molecule has 0 amide bonds. The zero-order valence-corrected chi connectivity index (χ0v) is 24.0. The third kappa shape index (κ3) is 3.96. The molecule has 0 aliphatic carbocycles. The van der Waals surface area contributed by atoms with Crippen LogP contribution < -0.4 is 0 Å². The van der Waals surface area contributed by atoms with Gasteiger partial charge in [-0.1, -0.05) is 109 Å². The van der Waals surface area contributed by atoms with Crippen molar-refractivity contribution >= 4 is 43.6 Å². The maximum atomic E-state index is 3.57. The summed E-state index contributed by atoms with van der Waals surface area (Å²) >= 11 is 0. The lowest BCUT2D eigenvalue weighted by Crippen LogP contribution is -1.94. The number of benzene rings is 7. The standard InChI is InChI=1S/C42H28N2/c1-3-10-28(11-4-1)30-14-9-15-34(24-30)44-41-22-19-31(29-12-5-2-6-13-29)26-37(41)38-27-33(20-23-42(38)44)32-18-21-40-36(25-32)35-16-7-8-17-39(35)43-40/h1-27,43H. The summed E-state index contributed by atoms with van der Waals surface area (Å²) in [6, 6.07) is 59.3. The van der Waals surface area contributed by atoms with Crippen LogP contribution in [0.1, 0.15) is 0 Å². The molecule has 2 nitrogen and oxygen atoms in total. The first-order valence-electron chi connectivity index (χ1n) is 15.1. The lowest BCUT2D eigenvalue weighted by Gasteiger charge is -2.11. The highest BCUT2D eigenvalue weighted by Gasteiger charge is 2.16. The molecule has 9 rings (SSSR count). The van der Waals surface area contributed by atoms with E-state index < -0.39 is 0 Å². The molecule has 1 N–H and O–H groups in total. The van der Waals surface area contributed by atoms with Gasteiger partial charge in [-0.25, -0.2) is 0 Å². The van der Waals surface area contributed by atoms with Gasteiger partial charge in [-0.2, -0.15) is 0 Å². The number of aromatic amines is 1. The van der Waals surface area contributed by atoms with E-state index in [0.717, 1.165) is 5.69 Å². The van der Waals surface area contributed by atoms with Gasteiger partial charge in [0.1, 0.15) is 0 Å². The van der Waals surface area contributed by atoms with Crippen molar-refractivity contribution in [2.24, 2.45) is 0 Å². The van der Waals surface area contributed by atoms with Crippen molar-refractivity contribution in [3.05, 3.63) is 164 Å². The second-order valence-corrected chi connectivity index (χ2v) is 11.5. The minimum atomic E-state index is 1.16. The van der Waals surface area contributed by atoms with E-state index in [9.17, 15) is 0 Å². The minimum absolute atomic E-state index is 1.16. The lowest BCUT2D eigenvalue weighted by atomic mass is 9.99. The molecule has 0 bridgehead atoms. The Balaban J connectivity index is 1.28. The molecule has 9 aromatic rings. The highest BCUT2D eigenvalue weighted by molar-refractivity contribution is 6.12. The predicted molar refractivity (Wildman–Crippen MR) is 186 cm³/mol. The molecule has 2 heterocycles. The number of para-hydroxylation sites is 1. The Morgan fingerprint density at radius 2 is 0.818 bits per heavy atom. The Kier molecular flexibility index (Phi) is 5.54. The van der Waals surface area contributed by atoms with E-state index in [1.807, 2.05) is 0 Å². The molecule has 206 valence electrons. The number of hydrogen-bond acceptors (Lipinski definition) is 0. The normalized spacial score (nSPS) is 11.6. The van der Waals surface area contributed by atoms with Gasteiger partial charge in [0.15, 0.2) is 0 Å². The maximum absolute atomic E-state index is 3.57. The van der Waals surface area contributed by atoms with Gasteiger partial charge in [-0.3, -0.25) is 0 Å². The zero-order chi connectivity index (χ0) is 29.0. The number of H-pyrrole nitrogens is 1. The molecular weight excluding hydrogens is 532 g/mol. The second kappa shape index (κ2) is 9.86. The van der Waals surface area contributed by atoms with Crippen LogP contribution in [0, 0.1) is 0 Å². The molecule has 0 unspecified atom stereocenters. The van der Waals surface area contributed by atoms with Crippen molar-refractivity contribution in [1.82, 2.24) is 9.55 Å². The summed E-state index contributed by atoms with van der Waals surface area (Å²) in [6.07, 6.45) is 0. The summed E-state index contributed by atoms with van der Waals surface area (Å²) in [6.45, 7) is 0. The highest BCUT2D eigenvalue weighted by Crippen LogP contribution is 2.38. The average Bonchev–Trinajstić information content (AvgIpc) is 3.63. The van der Waals surface area contributed by atoms with Crippen molar-refractivity contribution in [1.29, 1.82) is 0 Å². The van der Waals surface area contributed by atoms with E-state index in [0.29, 0.717) is 0 Å². The van der Waals surface area contributed by atoms with Gasteiger partial charge in [0.2, 0.25) is 0 Å². The number of aromatic nitrogens is 2. The SMILES string of the molecule is c1ccc(-c2cccc(-n3c4ccc(-c5ccccc5)cc4c4cc(-c5ccc6[nH]c7ccccc7c6c5)ccc43)c2)cc1. The van der Waals surface area contributed by atoms with Crippen molar-refractivity contribution in [3.8, 4) is 39.1 Å². The summed E-state index contributed by atoms with van der Waals surface area (Å²) in [5.74, 6) is 0. The van der Waals surface area contributed by atoms with Crippen LogP contribution in [0.5, 0.6) is 0 Å². The summed E-state index contributed by atoms with van der Waals surface area (Å²) in [7, 11) is 0. The van der Waals surface area contributed by atoms with Crippen molar-refractivity contribution in [3.63, 3.8) is 0 Å². The van der Waals surface area contributed by atoms with Crippen LogP contribution in [-0.2, 0) is 0 Å². The van der Waals surface area contributed by atoms with Crippen LogP contribution in [0.2, 0.25) is 0 Å². The number of fused-ring (bicyclic) bond motifs is 6. The minimum Gasteiger partial charge on any atom is -0.355 e. The molecule has 2 heteroatoms. The first-order chi connectivity index (χ1) is 21.8. The molecule has 2 aromatic heterocycles. The van der Waals surface area contributed by atoms with Crippen molar-refractivity contribution in [2.45, 2.75) is 0 Å². The van der Waals surface area contributed by atoms with E-state index in [1.165, 1.54) is 77.0 Å². The first-order valence-corrected chi connectivity index (χ1v) is 15.1. The Morgan fingerprint density at radius 1 is 0.318 bits per heavy atom. The van der Waals surface area contributed by atoms with Gasteiger partial charge in [0, 0.05) is 38.3 Å². The molecule has 7 aromatic carbocycles. The number of nitrogens with one attached hydrogen (secondary N) is 1. The van der Waals surface area contributed by atoms with E-state index in [1.54, 1.807) is 0 Å². The molecular formula is C42H28N2. The molecule has 0 aliphatic heterocycles. The summed E-state index contributed by atoms with van der Waals surface area (Å²) in [4.78, 5) is 3.57. The van der Waals surface area contributed by atoms with E-state index in [-0.39, 0.29) is 0 Å². The fraction of sp³-hybridized carbons (Fsp3) is 0. The molecule has 0 fully saturated rings. The van der Waals surface area contributed by atoms with E-state index in [2.05, 4.69) is 173 Å². The van der Waals surface area contributed by atoms with Crippen molar-refractivity contribution in [2.75, 3.05) is 0 Å². The fourth-order valence-electron chi connectivity index (χ4n) is 6.77. The average molecular weight is 561 g/mol. The zero-order valence-electron chi connectivity index (χ0n) is 24.0. The van der Waals surface area contributed by atoms with Crippen molar-refractivity contribution < 1.29 is 0 Å². The molecule has 0 saturated heterocycles. The first kappa shape index (κ1) is 24.7. The maximum Gasteiger partial charge on any atom is 0.0541 e. The summed E-state index contributed by atoms with van der Waals surface area (Å²) in [5, 5.41) is 5.01. The van der Waals surface area contributed by atoms with Gasteiger partial charge >= 0.3 is 0 Å². The Labute approximate surface area is 255 Å². The molecule has 0 atom stereocenters. The third-order valence-electron chi connectivity index (χ3n) is 8.92. The monoisotopic (exact) mass is 560 g/mol. The predicted octanol–water partition coefficient (Wildman–Crippen LogP) is 11.4. The fourth-order valence-corrected chi connectivity index (χ4v) is 6.77.